The molecule has 0 saturated carbocycles. The first-order chi connectivity index (χ1) is 16.6. The van der Waals surface area contributed by atoms with Crippen LogP contribution in [0.1, 0.15) is 31.9 Å². The van der Waals surface area contributed by atoms with Crippen LogP contribution in [0, 0.1) is 5.92 Å². The first-order valence-corrected chi connectivity index (χ1v) is 11.2. The lowest BCUT2D eigenvalue weighted by Crippen LogP contribution is -2.31. The van der Waals surface area contributed by atoms with Crippen LogP contribution in [0.5, 0.6) is 28.7 Å². The van der Waals surface area contributed by atoms with E-state index in [1.54, 1.807) is 59.3 Å². The Morgan fingerprint density at radius 2 is 1.43 bits per heavy atom. The highest BCUT2D eigenvalue weighted by molar-refractivity contribution is 5.79. The summed E-state index contributed by atoms with van der Waals surface area (Å²) in [7, 11) is 7.69. The van der Waals surface area contributed by atoms with Crippen molar-refractivity contribution < 1.29 is 38.3 Å². The highest BCUT2D eigenvalue weighted by Gasteiger charge is 2.29. The largest absolute Gasteiger partial charge is 0.493 e. The Balaban J connectivity index is 2.57. The Morgan fingerprint density at radius 1 is 0.857 bits per heavy atom. The number of benzene rings is 2. The molecule has 0 unspecified atom stereocenters. The number of rotatable bonds is 11. The molecule has 0 aliphatic rings. The molecule has 2 aromatic rings. The van der Waals surface area contributed by atoms with Gasteiger partial charge in [0.2, 0.25) is 5.75 Å². The predicted molar refractivity (Wildman–Crippen MR) is 134 cm³/mol. The molecule has 0 heterocycles. The molecule has 0 aliphatic heterocycles. The third-order valence-corrected chi connectivity index (χ3v) is 5.25. The fraction of sp³-hybridized carbons (Fsp3) is 0.444. The van der Waals surface area contributed by atoms with Gasteiger partial charge in [-0.25, -0.2) is 0 Å². The van der Waals surface area contributed by atoms with Crippen molar-refractivity contribution in [1.29, 1.82) is 0 Å². The maximum atomic E-state index is 13.3. The molecule has 1 N–H and O–H groups in total. The number of aliphatic hydroxyl groups excluding tert-OH is 1. The number of hydrogen-bond acceptors (Lipinski definition) is 8. The molecule has 0 amide bonds. The average molecular weight is 489 g/mol. The molecule has 2 aromatic carbocycles. The molecule has 35 heavy (non-hydrogen) atoms. The number of hydrogen-bond donors (Lipinski definition) is 1. The van der Waals surface area contributed by atoms with Gasteiger partial charge < -0.3 is 33.5 Å². The monoisotopic (exact) mass is 488 g/mol. The smallest absolute Gasteiger partial charge is 0.314 e. The van der Waals surface area contributed by atoms with Gasteiger partial charge in [0.05, 0.1) is 48.1 Å². The van der Waals surface area contributed by atoms with Crippen molar-refractivity contribution in [2.24, 2.45) is 5.92 Å². The molecule has 192 valence electrons. The van der Waals surface area contributed by atoms with Gasteiger partial charge in [0.15, 0.2) is 23.0 Å². The average Bonchev–Trinajstić information content (AvgIpc) is 2.83. The highest BCUT2D eigenvalue weighted by atomic mass is 16.6. The van der Waals surface area contributed by atoms with Gasteiger partial charge in [0.1, 0.15) is 5.60 Å². The molecule has 8 heteroatoms. The molecule has 8 nitrogen and oxygen atoms in total. The zero-order valence-electron chi connectivity index (χ0n) is 21.8. The summed E-state index contributed by atoms with van der Waals surface area (Å²) < 4.78 is 32.7. The van der Waals surface area contributed by atoms with E-state index in [0.29, 0.717) is 39.9 Å². The second-order valence-electron chi connectivity index (χ2n) is 8.82. The fourth-order valence-electron chi connectivity index (χ4n) is 3.64. The van der Waals surface area contributed by atoms with Crippen molar-refractivity contribution in [2.45, 2.75) is 32.8 Å². The van der Waals surface area contributed by atoms with Crippen LogP contribution in [-0.2, 0) is 16.0 Å². The lowest BCUT2D eigenvalue weighted by atomic mass is 9.90. The number of esters is 1. The van der Waals surface area contributed by atoms with Crippen LogP contribution in [0.15, 0.2) is 35.9 Å². The summed E-state index contributed by atoms with van der Waals surface area (Å²) in [6, 6.07) is 8.94. The van der Waals surface area contributed by atoms with Gasteiger partial charge in [-0.05, 0) is 68.2 Å². The summed E-state index contributed by atoms with van der Waals surface area (Å²) >= 11 is 0. The van der Waals surface area contributed by atoms with Crippen molar-refractivity contribution in [2.75, 3.05) is 42.2 Å². The fourth-order valence-corrected chi connectivity index (χ4v) is 3.64. The van der Waals surface area contributed by atoms with Crippen molar-refractivity contribution in [3.05, 3.63) is 47.0 Å². The number of aliphatic hydroxyl groups is 1. The van der Waals surface area contributed by atoms with Gasteiger partial charge in [0.25, 0.3) is 0 Å². The molecule has 0 fully saturated rings. The van der Waals surface area contributed by atoms with Gasteiger partial charge in [0, 0.05) is 0 Å². The minimum Gasteiger partial charge on any atom is -0.493 e. The van der Waals surface area contributed by atoms with Crippen molar-refractivity contribution >= 4 is 12.0 Å². The third-order valence-electron chi connectivity index (χ3n) is 5.25. The van der Waals surface area contributed by atoms with E-state index in [0.717, 1.165) is 5.56 Å². The summed E-state index contributed by atoms with van der Waals surface area (Å²) in [4.78, 5) is 13.3. The van der Waals surface area contributed by atoms with Crippen LogP contribution in [0.3, 0.4) is 0 Å². The quantitative estimate of drug-likeness (QED) is 0.468. The number of methoxy groups -OCH3 is 5. The van der Waals surface area contributed by atoms with Crippen LogP contribution < -0.4 is 23.7 Å². The zero-order valence-corrected chi connectivity index (χ0v) is 21.8. The van der Waals surface area contributed by atoms with Gasteiger partial charge in [-0.15, -0.1) is 0 Å². The normalized spacial score (nSPS) is 12.5. The molecule has 0 saturated heterocycles. The summed E-state index contributed by atoms with van der Waals surface area (Å²) in [5, 5.41) is 10.3. The summed E-state index contributed by atoms with van der Waals surface area (Å²) in [5.41, 5.74) is 1.27. The van der Waals surface area contributed by atoms with Gasteiger partial charge in [-0.3, -0.25) is 4.79 Å². The number of carbonyl (C=O) groups is 1. The first-order valence-electron chi connectivity index (χ1n) is 11.2. The Labute approximate surface area is 207 Å². The minimum atomic E-state index is -0.753. The zero-order chi connectivity index (χ0) is 26.2. The minimum absolute atomic E-state index is 0.284. The van der Waals surface area contributed by atoms with E-state index >= 15 is 0 Å². The summed E-state index contributed by atoms with van der Waals surface area (Å²) in [6.07, 6.45) is 2.02. The molecule has 2 rings (SSSR count). The predicted octanol–water partition coefficient (Wildman–Crippen LogP) is 4.31. The van der Waals surface area contributed by atoms with Crippen LogP contribution in [0.4, 0.5) is 0 Å². The van der Waals surface area contributed by atoms with Crippen molar-refractivity contribution in [1.82, 2.24) is 0 Å². The van der Waals surface area contributed by atoms with Crippen LogP contribution >= 0.6 is 0 Å². The topological polar surface area (TPSA) is 92.7 Å². The second-order valence-corrected chi connectivity index (χ2v) is 8.82. The molecule has 0 spiro atoms. The third kappa shape index (κ3) is 7.29. The Bertz CT molecular complexity index is 1010. The van der Waals surface area contributed by atoms with E-state index in [1.165, 1.54) is 21.3 Å². The Morgan fingerprint density at radius 3 is 1.89 bits per heavy atom. The molecular formula is C27H36O8. The van der Waals surface area contributed by atoms with Gasteiger partial charge in [-0.2, -0.15) is 0 Å². The molecule has 0 radical (unpaired) electrons. The van der Waals surface area contributed by atoms with Crippen LogP contribution in [0.2, 0.25) is 0 Å². The van der Waals surface area contributed by atoms with E-state index in [2.05, 4.69) is 0 Å². The lowest BCUT2D eigenvalue weighted by molar-refractivity contribution is -0.158. The maximum absolute atomic E-state index is 13.3. The van der Waals surface area contributed by atoms with Crippen molar-refractivity contribution in [3.63, 3.8) is 0 Å². The summed E-state index contributed by atoms with van der Waals surface area (Å²) in [5.74, 6) is 1.31. The first kappa shape index (κ1) is 27.9. The van der Waals surface area contributed by atoms with Crippen LogP contribution in [0.25, 0.3) is 6.08 Å². The summed E-state index contributed by atoms with van der Waals surface area (Å²) in [6.45, 7) is 5.06. The Hall–Kier alpha value is -3.39. The van der Waals surface area contributed by atoms with Gasteiger partial charge in [-0.1, -0.05) is 12.1 Å². The van der Waals surface area contributed by atoms with Crippen molar-refractivity contribution in [3.8, 4) is 28.7 Å². The molecule has 1 atom stereocenters. The molecule has 0 aliphatic carbocycles. The standard InChI is InChI=1S/C27H36O8/c1-27(2,3)35-26(29)20(12-17-9-10-21(30-4)22(13-17)31-5)19(16-28)11-18-14-23(32-6)25(34-8)24(15-18)33-7/h9-11,13-15,20,28H,12,16H2,1-8H3/b19-11-/t20-/m0/s1. The van der Waals surface area contributed by atoms with E-state index in [4.69, 9.17) is 28.4 Å². The van der Waals surface area contributed by atoms with E-state index in [-0.39, 0.29) is 13.0 Å². The van der Waals surface area contributed by atoms with E-state index < -0.39 is 17.5 Å². The Kier molecular flexibility index (Phi) is 9.83. The van der Waals surface area contributed by atoms with Gasteiger partial charge >= 0.3 is 5.97 Å². The van der Waals surface area contributed by atoms with Crippen LogP contribution in [-0.4, -0.2) is 58.8 Å². The highest BCUT2D eigenvalue weighted by Crippen LogP contribution is 2.39. The SMILES string of the molecule is COc1ccc(C[C@H](C(=O)OC(C)(C)C)/C(=C\c2cc(OC)c(OC)c(OC)c2)CO)cc1OC. The second kappa shape index (κ2) is 12.4. The number of carbonyl (C=O) groups excluding carboxylic acids is 1. The van der Waals surface area contributed by atoms with E-state index in [9.17, 15) is 9.90 Å². The van der Waals surface area contributed by atoms with E-state index in [1.807, 2.05) is 12.1 Å². The number of ether oxygens (including phenoxy) is 6. The lowest BCUT2D eigenvalue weighted by Gasteiger charge is -2.25. The maximum Gasteiger partial charge on any atom is 0.314 e. The molecule has 0 bridgehead atoms. The molecule has 0 aromatic heterocycles. The molecular weight excluding hydrogens is 452 g/mol.